The lowest BCUT2D eigenvalue weighted by atomic mass is 10.1. The third kappa shape index (κ3) is 2.58. The lowest BCUT2D eigenvalue weighted by Crippen LogP contribution is -2.34. The first kappa shape index (κ1) is 13.5. The first-order valence-electron chi connectivity index (χ1n) is 6.52. The maximum atomic E-state index is 5.55. The van der Waals surface area contributed by atoms with Gasteiger partial charge in [0.25, 0.3) is 0 Å². The van der Waals surface area contributed by atoms with E-state index in [9.17, 15) is 0 Å². The molecule has 2 rings (SSSR count). The minimum Gasteiger partial charge on any atom is -0.329 e. The van der Waals surface area contributed by atoms with Crippen molar-refractivity contribution in [2.75, 3.05) is 13.1 Å². The zero-order chi connectivity index (χ0) is 13.1. The zero-order valence-electron chi connectivity index (χ0n) is 11.4. The van der Waals surface area contributed by atoms with Gasteiger partial charge in [-0.1, -0.05) is 6.92 Å². The molecule has 1 unspecified atom stereocenters. The fourth-order valence-electron chi connectivity index (χ4n) is 2.29. The van der Waals surface area contributed by atoms with Crippen LogP contribution in [0.5, 0.6) is 0 Å². The molecular weight excluding hydrogens is 244 g/mol. The molecule has 1 atom stereocenters. The largest absolute Gasteiger partial charge is 0.329 e. The maximum absolute atomic E-state index is 5.55. The van der Waals surface area contributed by atoms with E-state index in [-0.39, 0.29) is 0 Å². The molecule has 0 amide bonds. The summed E-state index contributed by atoms with van der Waals surface area (Å²) in [6, 6.07) is 0.478. The van der Waals surface area contributed by atoms with Gasteiger partial charge in [-0.05, 0) is 20.3 Å². The standard InChI is InChI=1S/C13H22N4S/c1-4-11(15-6-5-14)7-12-10(3)16-13-17(12)9(2)8-18-13/h8,11,15H,4-7,14H2,1-3H3. The van der Waals surface area contributed by atoms with E-state index in [0.717, 1.165) is 30.0 Å². The fraction of sp³-hybridized carbons (Fsp3) is 0.615. The zero-order valence-corrected chi connectivity index (χ0v) is 12.2. The van der Waals surface area contributed by atoms with Crippen molar-refractivity contribution < 1.29 is 0 Å². The number of aromatic nitrogens is 2. The SMILES string of the molecule is CCC(Cc1c(C)nc2scc(C)n12)NCCN. The minimum absolute atomic E-state index is 0.478. The molecule has 4 nitrogen and oxygen atoms in total. The van der Waals surface area contributed by atoms with Gasteiger partial charge >= 0.3 is 0 Å². The van der Waals surface area contributed by atoms with E-state index in [1.807, 2.05) is 0 Å². The highest BCUT2D eigenvalue weighted by molar-refractivity contribution is 7.15. The second-order valence-electron chi connectivity index (χ2n) is 4.69. The highest BCUT2D eigenvalue weighted by Crippen LogP contribution is 2.21. The molecule has 0 aliphatic heterocycles. The molecule has 5 heteroatoms. The molecule has 2 aromatic rings. The van der Waals surface area contributed by atoms with E-state index in [0.29, 0.717) is 12.6 Å². The van der Waals surface area contributed by atoms with Gasteiger partial charge in [0.2, 0.25) is 0 Å². The summed E-state index contributed by atoms with van der Waals surface area (Å²) in [6.45, 7) is 8.02. The van der Waals surface area contributed by atoms with Gasteiger partial charge in [-0.25, -0.2) is 4.98 Å². The predicted molar refractivity (Wildman–Crippen MR) is 77.4 cm³/mol. The molecular formula is C13H22N4S. The van der Waals surface area contributed by atoms with Crippen LogP contribution in [0, 0.1) is 13.8 Å². The lowest BCUT2D eigenvalue weighted by molar-refractivity contribution is 0.495. The summed E-state index contributed by atoms with van der Waals surface area (Å²) in [6.07, 6.45) is 2.12. The van der Waals surface area contributed by atoms with Gasteiger partial charge in [-0.2, -0.15) is 0 Å². The molecule has 0 fully saturated rings. The van der Waals surface area contributed by atoms with Gasteiger partial charge in [-0.15, -0.1) is 11.3 Å². The monoisotopic (exact) mass is 266 g/mol. The average molecular weight is 266 g/mol. The van der Waals surface area contributed by atoms with Crippen LogP contribution in [0.25, 0.3) is 4.96 Å². The molecule has 0 saturated heterocycles. The Kier molecular flexibility index (Phi) is 4.37. The third-order valence-corrected chi connectivity index (χ3v) is 4.28. The lowest BCUT2D eigenvalue weighted by Gasteiger charge is -2.16. The van der Waals surface area contributed by atoms with Crippen LogP contribution in [0.3, 0.4) is 0 Å². The van der Waals surface area contributed by atoms with Crippen molar-refractivity contribution in [1.82, 2.24) is 14.7 Å². The smallest absolute Gasteiger partial charge is 0.194 e. The van der Waals surface area contributed by atoms with Crippen LogP contribution >= 0.6 is 11.3 Å². The molecule has 2 heterocycles. The number of hydrogen-bond donors (Lipinski definition) is 2. The average Bonchev–Trinajstić information content (AvgIpc) is 2.86. The first-order valence-corrected chi connectivity index (χ1v) is 7.40. The number of nitrogens with two attached hydrogens (primary N) is 1. The Morgan fingerprint density at radius 2 is 2.28 bits per heavy atom. The summed E-state index contributed by atoms with van der Waals surface area (Å²) in [4.78, 5) is 5.74. The van der Waals surface area contributed by atoms with Crippen molar-refractivity contribution in [2.45, 2.75) is 39.7 Å². The molecule has 0 aromatic carbocycles. The summed E-state index contributed by atoms with van der Waals surface area (Å²) in [7, 11) is 0. The molecule has 2 aromatic heterocycles. The fourth-order valence-corrected chi connectivity index (χ4v) is 3.22. The van der Waals surface area contributed by atoms with Gasteiger partial charge in [0.1, 0.15) is 0 Å². The van der Waals surface area contributed by atoms with E-state index in [4.69, 9.17) is 5.73 Å². The van der Waals surface area contributed by atoms with Crippen LogP contribution in [-0.4, -0.2) is 28.5 Å². The Hall–Kier alpha value is -0.910. The summed E-state index contributed by atoms with van der Waals surface area (Å²) in [5.74, 6) is 0. The van der Waals surface area contributed by atoms with Crippen LogP contribution in [0.2, 0.25) is 0 Å². The van der Waals surface area contributed by atoms with Crippen molar-refractivity contribution in [2.24, 2.45) is 5.73 Å². The summed E-state index contributed by atoms with van der Waals surface area (Å²) < 4.78 is 2.28. The number of imidazole rings is 1. The number of hydrogen-bond acceptors (Lipinski definition) is 4. The van der Waals surface area contributed by atoms with E-state index < -0.39 is 0 Å². The summed E-state index contributed by atoms with van der Waals surface area (Å²) in [5.41, 5.74) is 9.32. The number of nitrogens with zero attached hydrogens (tertiary/aromatic N) is 2. The van der Waals surface area contributed by atoms with Gasteiger partial charge in [-0.3, -0.25) is 4.40 Å². The minimum atomic E-state index is 0.478. The second-order valence-corrected chi connectivity index (χ2v) is 5.53. The summed E-state index contributed by atoms with van der Waals surface area (Å²) >= 11 is 1.71. The van der Waals surface area contributed by atoms with Crippen molar-refractivity contribution in [3.8, 4) is 0 Å². The number of thiazole rings is 1. The normalized spacial score (nSPS) is 13.3. The van der Waals surface area contributed by atoms with Crippen LogP contribution in [-0.2, 0) is 6.42 Å². The number of aryl methyl sites for hydroxylation is 2. The van der Waals surface area contributed by atoms with E-state index >= 15 is 0 Å². The molecule has 0 spiro atoms. The van der Waals surface area contributed by atoms with Gasteiger partial charge in [0.15, 0.2) is 4.96 Å². The Labute approximate surface area is 112 Å². The van der Waals surface area contributed by atoms with E-state index in [2.05, 4.69) is 40.9 Å². The van der Waals surface area contributed by atoms with Crippen molar-refractivity contribution in [3.63, 3.8) is 0 Å². The number of nitrogens with one attached hydrogen (secondary N) is 1. The van der Waals surface area contributed by atoms with Crippen molar-refractivity contribution >= 4 is 16.3 Å². The van der Waals surface area contributed by atoms with Crippen LogP contribution < -0.4 is 11.1 Å². The predicted octanol–water partition coefficient (Wildman–Crippen LogP) is 1.88. The van der Waals surface area contributed by atoms with Gasteiger partial charge in [0, 0.05) is 42.3 Å². The second kappa shape index (κ2) is 5.82. The van der Waals surface area contributed by atoms with Crippen LogP contribution in [0.4, 0.5) is 0 Å². The Balaban J connectivity index is 2.23. The Morgan fingerprint density at radius 3 is 2.94 bits per heavy atom. The molecule has 0 aliphatic carbocycles. The maximum Gasteiger partial charge on any atom is 0.194 e. The van der Waals surface area contributed by atoms with Crippen molar-refractivity contribution in [3.05, 3.63) is 22.5 Å². The molecule has 0 radical (unpaired) electrons. The van der Waals surface area contributed by atoms with Gasteiger partial charge < -0.3 is 11.1 Å². The Morgan fingerprint density at radius 1 is 1.50 bits per heavy atom. The topological polar surface area (TPSA) is 55.3 Å². The molecule has 18 heavy (non-hydrogen) atoms. The van der Waals surface area contributed by atoms with Gasteiger partial charge in [0.05, 0.1) is 5.69 Å². The van der Waals surface area contributed by atoms with Crippen LogP contribution in [0.1, 0.15) is 30.4 Å². The first-order chi connectivity index (χ1) is 8.67. The molecule has 3 N–H and O–H groups in total. The number of rotatable bonds is 6. The number of fused-ring (bicyclic) bond motifs is 1. The van der Waals surface area contributed by atoms with E-state index in [1.54, 1.807) is 11.3 Å². The summed E-state index contributed by atoms with van der Waals surface area (Å²) in [5, 5.41) is 5.66. The third-order valence-electron chi connectivity index (χ3n) is 3.34. The Bertz CT molecular complexity index is 514. The van der Waals surface area contributed by atoms with Crippen LogP contribution in [0.15, 0.2) is 5.38 Å². The quantitative estimate of drug-likeness (QED) is 0.839. The van der Waals surface area contributed by atoms with Crippen molar-refractivity contribution in [1.29, 1.82) is 0 Å². The molecule has 0 saturated carbocycles. The molecule has 0 bridgehead atoms. The highest BCUT2D eigenvalue weighted by Gasteiger charge is 2.15. The molecule has 100 valence electrons. The molecule has 0 aliphatic rings. The highest BCUT2D eigenvalue weighted by atomic mass is 32.1. The van der Waals surface area contributed by atoms with E-state index in [1.165, 1.54) is 11.4 Å².